The number of benzene rings is 2. The number of nitrogens with zero attached hydrogens (tertiary/aromatic N) is 6. The lowest BCUT2D eigenvalue weighted by molar-refractivity contribution is 0.126. The molecule has 0 fully saturated rings. The van der Waals surface area contributed by atoms with Crippen LogP contribution in [0.4, 0.5) is 0 Å². The molecule has 5 aromatic rings. The third-order valence-corrected chi connectivity index (χ3v) is 5.81. The van der Waals surface area contributed by atoms with Crippen molar-refractivity contribution in [1.29, 1.82) is 0 Å². The van der Waals surface area contributed by atoms with Crippen LogP contribution in [0.25, 0.3) is 22.4 Å². The molecule has 0 N–H and O–H groups in total. The van der Waals surface area contributed by atoms with E-state index < -0.39 is 0 Å². The average Bonchev–Trinajstić information content (AvgIpc) is 3.40. The number of fused-ring (bicyclic) bond motifs is 3. The molecule has 0 aliphatic heterocycles. The van der Waals surface area contributed by atoms with Gasteiger partial charge in [-0.05, 0) is 55.8 Å². The Morgan fingerprint density at radius 3 is 2.53 bits per heavy atom. The second kappa shape index (κ2) is 8.86. The Bertz CT molecular complexity index is 1500. The molecule has 3 aromatic heterocycles. The van der Waals surface area contributed by atoms with Gasteiger partial charge < -0.3 is 14.3 Å². The molecule has 0 bridgehead atoms. The van der Waals surface area contributed by atoms with E-state index in [1.54, 1.807) is 31.3 Å². The molecule has 0 aliphatic rings. The van der Waals surface area contributed by atoms with E-state index >= 15 is 0 Å². The highest BCUT2D eigenvalue weighted by atomic mass is 16.6. The second-order valence-electron chi connectivity index (χ2n) is 7.73. The van der Waals surface area contributed by atoms with Gasteiger partial charge in [0.25, 0.3) is 0 Å². The van der Waals surface area contributed by atoms with E-state index in [0.29, 0.717) is 5.82 Å². The van der Waals surface area contributed by atoms with Gasteiger partial charge in [0.2, 0.25) is 0 Å². The number of hydrogen-bond donors (Lipinski definition) is 0. The standard InChI is InChI=1S/C25H24N6O3/c1-16-17(2)31(19-9-11-20(32-3)12-10-19)24-23(16)25-28-22(29-30(25)15-26-24)14-34-27-13-18-7-5-6-8-21(18)33-4/h5-13,15H,14H2,1-4H3. The topological polar surface area (TPSA) is 88.1 Å². The normalized spacial score (nSPS) is 11.5. The van der Waals surface area contributed by atoms with E-state index in [0.717, 1.165) is 50.7 Å². The molecule has 172 valence electrons. The van der Waals surface area contributed by atoms with Gasteiger partial charge in [0, 0.05) is 16.9 Å². The molecule has 0 spiro atoms. The van der Waals surface area contributed by atoms with Crippen LogP contribution in [0.15, 0.2) is 60.0 Å². The predicted octanol–water partition coefficient (Wildman–Crippen LogP) is 4.25. The van der Waals surface area contributed by atoms with Gasteiger partial charge in [-0.15, -0.1) is 5.10 Å². The SMILES string of the molecule is COc1ccc(-n2c(C)c(C)c3c2ncn2nc(CON=Cc4ccccc4OC)nc32)cc1. The highest BCUT2D eigenvalue weighted by Gasteiger charge is 2.19. The molecular formula is C25H24N6O3. The number of aromatic nitrogens is 5. The van der Waals surface area contributed by atoms with Gasteiger partial charge in [0.1, 0.15) is 17.8 Å². The average molecular weight is 457 g/mol. The summed E-state index contributed by atoms with van der Waals surface area (Å²) in [5.74, 6) is 2.04. The summed E-state index contributed by atoms with van der Waals surface area (Å²) in [4.78, 5) is 14.8. The first-order chi connectivity index (χ1) is 16.6. The second-order valence-corrected chi connectivity index (χ2v) is 7.73. The molecule has 2 aromatic carbocycles. The quantitative estimate of drug-likeness (QED) is 0.269. The molecule has 9 nitrogen and oxygen atoms in total. The Kier molecular flexibility index (Phi) is 5.59. The van der Waals surface area contributed by atoms with Gasteiger partial charge in [0.05, 0.1) is 25.8 Å². The lowest BCUT2D eigenvalue weighted by Crippen LogP contribution is -1.99. The summed E-state index contributed by atoms with van der Waals surface area (Å²) in [6.07, 6.45) is 3.28. The third-order valence-electron chi connectivity index (χ3n) is 5.81. The van der Waals surface area contributed by atoms with Crippen molar-refractivity contribution < 1.29 is 14.3 Å². The summed E-state index contributed by atoms with van der Waals surface area (Å²) in [6, 6.07) is 15.5. The first kappa shape index (κ1) is 21.4. The first-order valence-electron chi connectivity index (χ1n) is 10.8. The van der Waals surface area contributed by atoms with E-state index in [1.165, 1.54) is 0 Å². The molecule has 0 amide bonds. The fourth-order valence-corrected chi connectivity index (χ4v) is 3.98. The summed E-state index contributed by atoms with van der Waals surface area (Å²) >= 11 is 0. The van der Waals surface area contributed by atoms with Crippen LogP contribution in [0, 0.1) is 13.8 Å². The number of methoxy groups -OCH3 is 2. The fraction of sp³-hybridized carbons (Fsp3) is 0.200. The van der Waals surface area contributed by atoms with Gasteiger partial charge >= 0.3 is 0 Å². The molecule has 0 aliphatic carbocycles. The van der Waals surface area contributed by atoms with Crippen LogP contribution in [-0.2, 0) is 11.4 Å². The van der Waals surface area contributed by atoms with Crippen LogP contribution in [0.2, 0.25) is 0 Å². The molecule has 0 saturated carbocycles. The Hall–Kier alpha value is -4.40. The highest BCUT2D eigenvalue weighted by molar-refractivity contribution is 5.95. The third kappa shape index (κ3) is 3.71. The van der Waals surface area contributed by atoms with E-state index in [1.807, 2.05) is 48.5 Å². The van der Waals surface area contributed by atoms with Crippen LogP contribution < -0.4 is 9.47 Å². The predicted molar refractivity (Wildman–Crippen MR) is 129 cm³/mol. The molecule has 3 heterocycles. The van der Waals surface area contributed by atoms with Crippen molar-refractivity contribution in [2.24, 2.45) is 5.16 Å². The summed E-state index contributed by atoms with van der Waals surface area (Å²) in [5, 5.41) is 9.50. The number of rotatable bonds is 7. The number of aryl methyl sites for hydroxylation is 1. The van der Waals surface area contributed by atoms with Gasteiger partial charge in [-0.3, -0.25) is 4.57 Å². The highest BCUT2D eigenvalue weighted by Crippen LogP contribution is 2.30. The van der Waals surface area contributed by atoms with E-state index in [-0.39, 0.29) is 6.61 Å². The monoisotopic (exact) mass is 456 g/mol. The van der Waals surface area contributed by atoms with Crippen LogP contribution in [-0.4, -0.2) is 44.6 Å². The zero-order valence-electron chi connectivity index (χ0n) is 19.4. The smallest absolute Gasteiger partial charge is 0.192 e. The van der Waals surface area contributed by atoms with Crippen LogP contribution in [0.5, 0.6) is 11.5 Å². The van der Waals surface area contributed by atoms with Crippen molar-refractivity contribution in [3.05, 3.63) is 77.5 Å². The van der Waals surface area contributed by atoms with Gasteiger partial charge in [-0.25, -0.2) is 14.5 Å². The van der Waals surface area contributed by atoms with Crippen molar-refractivity contribution >= 4 is 22.9 Å². The minimum Gasteiger partial charge on any atom is -0.497 e. The van der Waals surface area contributed by atoms with Crippen molar-refractivity contribution in [2.75, 3.05) is 14.2 Å². The molecule has 0 saturated heterocycles. The fourth-order valence-electron chi connectivity index (χ4n) is 3.98. The van der Waals surface area contributed by atoms with Gasteiger partial charge in [-0.2, -0.15) is 0 Å². The maximum absolute atomic E-state index is 5.45. The van der Waals surface area contributed by atoms with Gasteiger partial charge in [-0.1, -0.05) is 17.3 Å². The molecule has 0 unspecified atom stereocenters. The summed E-state index contributed by atoms with van der Waals surface area (Å²) in [6.45, 7) is 4.28. The van der Waals surface area contributed by atoms with E-state index in [4.69, 9.17) is 19.3 Å². The zero-order chi connectivity index (χ0) is 23.7. The number of hydrogen-bond acceptors (Lipinski definition) is 7. The molecule has 9 heteroatoms. The van der Waals surface area contributed by atoms with E-state index in [9.17, 15) is 0 Å². The van der Waals surface area contributed by atoms with Crippen LogP contribution in [0.1, 0.15) is 22.6 Å². The summed E-state index contributed by atoms with van der Waals surface area (Å²) in [7, 11) is 3.28. The Balaban J connectivity index is 1.45. The minimum atomic E-state index is 0.131. The molecule has 5 rings (SSSR count). The van der Waals surface area contributed by atoms with Crippen molar-refractivity contribution in [1.82, 2.24) is 24.1 Å². The maximum atomic E-state index is 5.45. The summed E-state index contributed by atoms with van der Waals surface area (Å²) in [5.41, 5.74) is 5.56. The number of ether oxygens (including phenoxy) is 2. The molecular weight excluding hydrogens is 432 g/mol. The van der Waals surface area contributed by atoms with Crippen molar-refractivity contribution in [2.45, 2.75) is 20.5 Å². The first-order valence-corrected chi connectivity index (χ1v) is 10.8. The lowest BCUT2D eigenvalue weighted by atomic mass is 10.2. The Labute approximate surface area is 196 Å². The van der Waals surface area contributed by atoms with E-state index in [2.05, 4.69) is 33.7 Å². The van der Waals surface area contributed by atoms with Crippen molar-refractivity contribution in [3.63, 3.8) is 0 Å². The molecule has 34 heavy (non-hydrogen) atoms. The maximum Gasteiger partial charge on any atom is 0.192 e. The number of para-hydroxylation sites is 1. The zero-order valence-corrected chi connectivity index (χ0v) is 19.4. The largest absolute Gasteiger partial charge is 0.497 e. The van der Waals surface area contributed by atoms with Gasteiger partial charge in [0.15, 0.2) is 23.7 Å². The number of oxime groups is 1. The molecule has 0 atom stereocenters. The van der Waals surface area contributed by atoms with Crippen LogP contribution in [0.3, 0.4) is 0 Å². The Morgan fingerprint density at radius 2 is 1.76 bits per heavy atom. The minimum absolute atomic E-state index is 0.131. The lowest BCUT2D eigenvalue weighted by Gasteiger charge is -2.08. The van der Waals surface area contributed by atoms with Crippen LogP contribution >= 0.6 is 0 Å². The molecule has 0 radical (unpaired) electrons. The van der Waals surface area contributed by atoms with Crippen molar-refractivity contribution in [3.8, 4) is 17.2 Å². The Morgan fingerprint density at radius 1 is 0.971 bits per heavy atom. The summed E-state index contributed by atoms with van der Waals surface area (Å²) < 4.78 is 14.4.